The molecule has 0 spiro atoms. The molecular formula is C59H72O8S3. The van der Waals surface area contributed by atoms with Crippen molar-refractivity contribution in [2.24, 2.45) is 5.41 Å². The molecule has 0 heterocycles. The number of hydrogen-bond donors (Lipinski definition) is 1. The highest BCUT2D eigenvalue weighted by Crippen LogP contribution is 2.42. The van der Waals surface area contributed by atoms with Crippen molar-refractivity contribution in [3.63, 3.8) is 0 Å². The Labute approximate surface area is 427 Å². The quantitative estimate of drug-likeness (QED) is 0.0312. The van der Waals surface area contributed by atoms with E-state index in [1.54, 1.807) is 42.8 Å². The Morgan fingerprint density at radius 2 is 0.943 bits per heavy atom. The zero-order valence-electron chi connectivity index (χ0n) is 43.4. The lowest BCUT2D eigenvalue weighted by atomic mass is 9.72. The SMILES string of the molecule is C#CC/C(=C\C=C(/CCS(=O)(=O)O)Oc1ccc(Sc2ccc(C(C)(C)C(C)(C)Oc3ccc(Oc4ccc(Sc5ccc(C(C)(C)C(C)(C)OC)cc5)cc4)cc3)cc2)cc1)OC(C)(C)C(C)(C)C. The van der Waals surface area contributed by atoms with Gasteiger partial charge in [-0.15, -0.1) is 6.42 Å². The summed E-state index contributed by atoms with van der Waals surface area (Å²) in [4.78, 5) is 4.35. The average Bonchev–Trinajstić information content (AvgIpc) is 3.28. The number of terminal acetylenes is 1. The topological polar surface area (TPSA) is 101 Å². The minimum Gasteiger partial charge on any atom is -0.491 e. The molecule has 5 aromatic carbocycles. The molecule has 0 fully saturated rings. The molecule has 0 aliphatic rings. The molecular weight excluding hydrogens is 933 g/mol. The van der Waals surface area contributed by atoms with Gasteiger partial charge in [0.2, 0.25) is 0 Å². The van der Waals surface area contributed by atoms with Crippen LogP contribution in [0.1, 0.15) is 114 Å². The smallest absolute Gasteiger partial charge is 0.265 e. The largest absolute Gasteiger partial charge is 0.491 e. The van der Waals surface area contributed by atoms with Crippen LogP contribution in [-0.2, 0) is 30.4 Å². The molecule has 5 rings (SSSR count). The highest BCUT2D eigenvalue weighted by molar-refractivity contribution is 7.99. The van der Waals surface area contributed by atoms with Crippen molar-refractivity contribution in [1.29, 1.82) is 0 Å². The lowest BCUT2D eigenvalue weighted by molar-refractivity contribution is -0.0536. The van der Waals surface area contributed by atoms with Crippen molar-refractivity contribution in [1.82, 2.24) is 0 Å². The molecule has 5 aromatic rings. The van der Waals surface area contributed by atoms with E-state index < -0.39 is 27.1 Å². The van der Waals surface area contributed by atoms with Crippen LogP contribution in [0.25, 0.3) is 0 Å². The summed E-state index contributed by atoms with van der Waals surface area (Å²) in [5, 5.41) is 0. The molecule has 0 atom stereocenters. The molecule has 0 amide bonds. The first-order valence-corrected chi connectivity index (χ1v) is 26.7. The average molecular weight is 1010 g/mol. The number of ether oxygens (including phenoxy) is 5. The molecule has 0 saturated heterocycles. The zero-order valence-corrected chi connectivity index (χ0v) is 45.9. The summed E-state index contributed by atoms with van der Waals surface area (Å²) in [6, 6.07) is 40.7. The Bertz CT molecular complexity index is 2720. The monoisotopic (exact) mass is 1000 g/mol. The van der Waals surface area contributed by atoms with E-state index in [1.165, 1.54) is 10.5 Å². The summed E-state index contributed by atoms with van der Waals surface area (Å²) in [5.74, 6) is 5.75. The molecule has 0 bridgehead atoms. The minimum absolute atomic E-state index is 0.0502. The van der Waals surface area contributed by atoms with Gasteiger partial charge in [0.1, 0.15) is 45.7 Å². The van der Waals surface area contributed by atoms with Gasteiger partial charge >= 0.3 is 0 Å². The van der Waals surface area contributed by atoms with Gasteiger partial charge in [0.05, 0.1) is 17.8 Å². The molecule has 0 aromatic heterocycles. The predicted octanol–water partition coefficient (Wildman–Crippen LogP) is 15.9. The number of methoxy groups -OCH3 is 1. The molecule has 70 heavy (non-hydrogen) atoms. The van der Waals surface area contributed by atoms with Crippen LogP contribution in [0, 0.1) is 17.8 Å². The molecule has 1 N–H and O–H groups in total. The second-order valence-corrected chi connectivity index (χ2v) is 24.9. The predicted molar refractivity (Wildman–Crippen MR) is 288 cm³/mol. The molecule has 0 saturated carbocycles. The van der Waals surface area contributed by atoms with Crippen molar-refractivity contribution in [3.05, 3.63) is 156 Å². The fourth-order valence-corrected chi connectivity index (χ4v) is 8.93. The van der Waals surface area contributed by atoms with Gasteiger partial charge in [-0.3, -0.25) is 4.55 Å². The fraction of sp³-hybridized carbons (Fsp3) is 0.390. The van der Waals surface area contributed by atoms with Gasteiger partial charge in [-0.1, -0.05) is 102 Å². The molecule has 0 aliphatic heterocycles. The highest BCUT2D eigenvalue weighted by atomic mass is 32.2. The third-order valence-corrected chi connectivity index (χ3v) is 16.8. The Morgan fingerprint density at radius 3 is 1.36 bits per heavy atom. The fourth-order valence-electron chi connectivity index (χ4n) is 6.83. The van der Waals surface area contributed by atoms with Crippen molar-refractivity contribution < 1.29 is 36.7 Å². The lowest BCUT2D eigenvalue weighted by Crippen LogP contribution is -2.47. The van der Waals surface area contributed by atoms with Gasteiger partial charge in [-0.2, -0.15) is 8.42 Å². The van der Waals surface area contributed by atoms with Gasteiger partial charge < -0.3 is 23.7 Å². The van der Waals surface area contributed by atoms with Crippen LogP contribution >= 0.6 is 23.5 Å². The first kappa shape index (κ1) is 55.8. The number of allylic oxidation sites excluding steroid dienone is 4. The van der Waals surface area contributed by atoms with Gasteiger partial charge in [0.15, 0.2) is 0 Å². The molecule has 0 radical (unpaired) electrons. The summed E-state index contributed by atoms with van der Waals surface area (Å²) in [5.41, 5.74) is 0.274. The maximum atomic E-state index is 11.7. The minimum atomic E-state index is -4.23. The molecule has 8 nitrogen and oxygen atoms in total. The van der Waals surface area contributed by atoms with Crippen LogP contribution in [0.4, 0.5) is 0 Å². The van der Waals surface area contributed by atoms with Gasteiger partial charge in [0, 0.05) is 49.4 Å². The van der Waals surface area contributed by atoms with Crippen LogP contribution < -0.4 is 14.2 Å². The van der Waals surface area contributed by atoms with Crippen LogP contribution in [0.5, 0.6) is 23.0 Å². The van der Waals surface area contributed by atoms with E-state index >= 15 is 0 Å². The van der Waals surface area contributed by atoms with Crippen molar-refractivity contribution in [3.8, 4) is 35.3 Å². The van der Waals surface area contributed by atoms with Gasteiger partial charge in [0.25, 0.3) is 10.1 Å². The van der Waals surface area contributed by atoms with Crippen molar-refractivity contribution in [2.45, 2.75) is 150 Å². The molecule has 0 unspecified atom stereocenters. The first-order valence-electron chi connectivity index (χ1n) is 23.5. The summed E-state index contributed by atoms with van der Waals surface area (Å²) in [7, 11) is -2.46. The van der Waals surface area contributed by atoms with Crippen LogP contribution in [0.3, 0.4) is 0 Å². The van der Waals surface area contributed by atoms with Crippen LogP contribution in [-0.4, -0.2) is 42.6 Å². The van der Waals surface area contributed by atoms with Gasteiger partial charge in [-0.05, 0) is 162 Å². The summed E-state index contributed by atoms with van der Waals surface area (Å²) in [6.07, 6.45) is 9.19. The van der Waals surface area contributed by atoms with E-state index in [-0.39, 0.29) is 34.7 Å². The number of benzene rings is 5. The second kappa shape index (κ2) is 22.5. The summed E-state index contributed by atoms with van der Waals surface area (Å²) >= 11 is 3.33. The van der Waals surface area contributed by atoms with Crippen molar-refractivity contribution in [2.75, 3.05) is 12.9 Å². The van der Waals surface area contributed by atoms with Gasteiger partial charge in [-0.25, -0.2) is 0 Å². The maximum absolute atomic E-state index is 11.7. The Morgan fingerprint density at radius 1 is 0.557 bits per heavy atom. The van der Waals surface area contributed by atoms with E-state index in [1.807, 2.05) is 74.5 Å². The Kier molecular flexibility index (Phi) is 18.0. The summed E-state index contributed by atoms with van der Waals surface area (Å²) < 4.78 is 64.0. The normalized spacial score (nSPS) is 13.4. The second-order valence-electron chi connectivity index (χ2n) is 21.0. The van der Waals surface area contributed by atoms with E-state index in [2.05, 4.69) is 143 Å². The summed E-state index contributed by atoms with van der Waals surface area (Å²) in [6.45, 7) is 27.5. The third kappa shape index (κ3) is 15.0. The third-order valence-electron chi connectivity index (χ3n) is 14.0. The molecule has 11 heteroatoms. The van der Waals surface area contributed by atoms with E-state index in [0.717, 1.165) is 37.5 Å². The number of rotatable bonds is 22. The molecule has 374 valence electrons. The Hall–Kier alpha value is -5.09. The first-order chi connectivity index (χ1) is 32.5. The Balaban J connectivity index is 1.17. The van der Waals surface area contributed by atoms with Crippen LogP contribution in [0.15, 0.2) is 165 Å². The highest BCUT2D eigenvalue weighted by Gasteiger charge is 2.41. The number of hydrogen-bond acceptors (Lipinski definition) is 9. The zero-order chi connectivity index (χ0) is 51.8. The van der Waals surface area contributed by atoms with E-state index in [9.17, 15) is 13.0 Å². The van der Waals surface area contributed by atoms with E-state index in [4.69, 9.17) is 30.1 Å². The maximum Gasteiger partial charge on any atom is 0.265 e. The van der Waals surface area contributed by atoms with Crippen molar-refractivity contribution >= 4 is 33.6 Å². The lowest BCUT2D eigenvalue weighted by Gasteiger charge is -2.42. The van der Waals surface area contributed by atoms with Crippen LogP contribution in [0.2, 0.25) is 0 Å². The standard InChI is InChI=1S/C59H72O8S3/c1-16-17-48(66-57(9,10)54(2,3)4)25-24-47(40-41-70(60,61)62)65-46-30-38-53(39-31-46)69-51-34-20-43(21-35-51)56(7,8)59(13,14)67-49-26-22-44(23-27-49)64-45-28-36-52(37-29-45)68-50-32-18-42(19-33-50)55(5,6)58(11,12)63-15/h1,18-39H,17,40-41H2,2-15H3,(H,60,61,62)/b47-24+,48-25+. The van der Waals surface area contributed by atoms with E-state index in [0.29, 0.717) is 17.3 Å². The molecule has 0 aliphatic carbocycles.